The van der Waals surface area contributed by atoms with Crippen LogP contribution in [0.1, 0.15) is 27.9 Å². The molecule has 0 saturated heterocycles. The highest BCUT2D eigenvalue weighted by molar-refractivity contribution is 5.95. The first-order valence-corrected chi connectivity index (χ1v) is 7.36. The second-order valence-corrected chi connectivity index (χ2v) is 5.03. The molecule has 0 radical (unpaired) electrons. The van der Waals surface area contributed by atoms with Crippen molar-refractivity contribution in [1.82, 2.24) is 10.6 Å². The van der Waals surface area contributed by atoms with E-state index in [2.05, 4.69) is 22.8 Å². The minimum atomic E-state index is 0.0117. The van der Waals surface area contributed by atoms with E-state index in [4.69, 9.17) is 0 Å². The van der Waals surface area contributed by atoms with Crippen LogP contribution in [0.4, 0.5) is 0 Å². The molecule has 2 aromatic rings. The molecule has 0 fully saturated rings. The third-order valence-electron chi connectivity index (χ3n) is 3.39. The molecule has 2 aromatic carbocycles. The molecule has 0 spiro atoms. The van der Waals surface area contributed by atoms with Gasteiger partial charge >= 0.3 is 0 Å². The van der Waals surface area contributed by atoms with E-state index < -0.39 is 0 Å². The van der Waals surface area contributed by atoms with Crippen molar-refractivity contribution >= 4 is 5.91 Å². The molecular weight excluding hydrogens is 260 g/mol. The molecule has 2 N–H and O–H groups in total. The van der Waals surface area contributed by atoms with Gasteiger partial charge in [0.15, 0.2) is 0 Å². The predicted molar refractivity (Wildman–Crippen MR) is 86.6 cm³/mol. The van der Waals surface area contributed by atoms with Crippen LogP contribution in [0.25, 0.3) is 0 Å². The Kier molecular flexibility index (Phi) is 5.98. The van der Waals surface area contributed by atoms with Crippen LogP contribution in [0, 0.1) is 0 Å². The first-order chi connectivity index (χ1) is 10.3. The van der Waals surface area contributed by atoms with Gasteiger partial charge in [0.1, 0.15) is 0 Å². The van der Waals surface area contributed by atoms with Gasteiger partial charge in [0.25, 0.3) is 5.91 Å². The van der Waals surface area contributed by atoms with Gasteiger partial charge in [0, 0.05) is 12.1 Å². The molecule has 0 atom stereocenters. The molecule has 110 valence electrons. The average Bonchev–Trinajstić information content (AvgIpc) is 2.53. The van der Waals surface area contributed by atoms with Crippen molar-refractivity contribution in [2.75, 3.05) is 20.1 Å². The van der Waals surface area contributed by atoms with Crippen LogP contribution >= 0.6 is 0 Å². The summed E-state index contributed by atoms with van der Waals surface area (Å²) >= 11 is 0. The van der Waals surface area contributed by atoms with E-state index in [1.807, 2.05) is 49.5 Å². The number of amides is 1. The van der Waals surface area contributed by atoms with E-state index in [9.17, 15) is 4.79 Å². The fourth-order valence-corrected chi connectivity index (χ4v) is 2.27. The van der Waals surface area contributed by atoms with Crippen molar-refractivity contribution in [2.24, 2.45) is 0 Å². The van der Waals surface area contributed by atoms with Crippen LogP contribution in [0.15, 0.2) is 54.6 Å². The maximum absolute atomic E-state index is 12.3. The first kappa shape index (κ1) is 15.3. The summed E-state index contributed by atoms with van der Waals surface area (Å²) in [5.41, 5.74) is 3.05. The van der Waals surface area contributed by atoms with Crippen LogP contribution in [0.3, 0.4) is 0 Å². The van der Waals surface area contributed by atoms with E-state index in [-0.39, 0.29) is 5.91 Å². The molecule has 3 heteroatoms. The lowest BCUT2D eigenvalue weighted by Gasteiger charge is -2.10. The minimum absolute atomic E-state index is 0.0117. The van der Waals surface area contributed by atoms with Crippen LogP contribution in [0.5, 0.6) is 0 Å². The van der Waals surface area contributed by atoms with Crippen molar-refractivity contribution in [3.8, 4) is 0 Å². The Labute approximate surface area is 126 Å². The summed E-state index contributed by atoms with van der Waals surface area (Å²) in [5, 5.41) is 6.05. The normalized spacial score (nSPS) is 10.3. The van der Waals surface area contributed by atoms with Gasteiger partial charge in [-0.15, -0.1) is 0 Å². The Hall–Kier alpha value is -2.13. The van der Waals surface area contributed by atoms with Crippen molar-refractivity contribution in [3.05, 3.63) is 71.3 Å². The third kappa shape index (κ3) is 4.72. The number of benzene rings is 2. The summed E-state index contributed by atoms with van der Waals surface area (Å²) < 4.78 is 0. The fourth-order valence-electron chi connectivity index (χ4n) is 2.27. The second kappa shape index (κ2) is 8.22. The Morgan fingerprint density at radius 1 is 0.952 bits per heavy atom. The van der Waals surface area contributed by atoms with Gasteiger partial charge in [-0.2, -0.15) is 0 Å². The van der Waals surface area contributed by atoms with Gasteiger partial charge in [-0.3, -0.25) is 4.79 Å². The minimum Gasteiger partial charge on any atom is -0.352 e. The van der Waals surface area contributed by atoms with Gasteiger partial charge in [0.2, 0.25) is 0 Å². The largest absolute Gasteiger partial charge is 0.352 e. The van der Waals surface area contributed by atoms with Crippen molar-refractivity contribution in [2.45, 2.75) is 12.8 Å². The zero-order chi connectivity index (χ0) is 14.9. The molecule has 0 bridgehead atoms. The van der Waals surface area contributed by atoms with Crippen molar-refractivity contribution in [3.63, 3.8) is 0 Å². The van der Waals surface area contributed by atoms with Crippen molar-refractivity contribution in [1.29, 1.82) is 0 Å². The van der Waals surface area contributed by atoms with E-state index >= 15 is 0 Å². The Morgan fingerprint density at radius 2 is 1.67 bits per heavy atom. The van der Waals surface area contributed by atoms with E-state index in [0.29, 0.717) is 6.54 Å². The molecule has 0 unspecified atom stereocenters. The smallest absolute Gasteiger partial charge is 0.251 e. The van der Waals surface area contributed by atoms with E-state index in [1.54, 1.807) is 0 Å². The molecule has 2 rings (SSSR count). The van der Waals surface area contributed by atoms with E-state index in [0.717, 1.165) is 30.5 Å². The Morgan fingerprint density at radius 3 is 2.43 bits per heavy atom. The van der Waals surface area contributed by atoms with Gasteiger partial charge in [-0.25, -0.2) is 0 Å². The number of hydrogen-bond acceptors (Lipinski definition) is 2. The molecule has 0 aliphatic rings. The monoisotopic (exact) mass is 282 g/mol. The maximum Gasteiger partial charge on any atom is 0.251 e. The maximum atomic E-state index is 12.3. The van der Waals surface area contributed by atoms with Gasteiger partial charge in [-0.1, -0.05) is 48.5 Å². The molecule has 0 saturated carbocycles. The Bertz CT molecular complexity index is 566. The highest BCUT2D eigenvalue weighted by atomic mass is 16.1. The second-order valence-electron chi connectivity index (χ2n) is 5.03. The summed E-state index contributed by atoms with van der Waals surface area (Å²) in [6.07, 6.45) is 1.71. The van der Waals surface area contributed by atoms with Gasteiger partial charge < -0.3 is 10.6 Å². The van der Waals surface area contributed by atoms with Crippen LogP contribution in [-0.4, -0.2) is 26.0 Å². The highest BCUT2D eigenvalue weighted by Crippen LogP contribution is 2.14. The highest BCUT2D eigenvalue weighted by Gasteiger charge is 2.10. The lowest BCUT2D eigenvalue weighted by molar-refractivity contribution is 0.0952. The third-order valence-corrected chi connectivity index (χ3v) is 3.39. The number of carbonyl (C=O) groups is 1. The lowest BCUT2D eigenvalue weighted by Crippen LogP contribution is -2.27. The topological polar surface area (TPSA) is 41.1 Å². The summed E-state index contributed by atoms with van der Waals surface area (Å²) in [4.78, 5) is 12.3. The molecule has 0 aliphatic carbocycles. The average molecular weight is 282 g/mol. The first-order valence-electron chi connectivity index (χ1n) is 7.36. The zero-order valence-electron chi connectivity index (χ0n) is 12.4. The van der Waals surface area contributed by atoms with Crippen LogP contribution in [0.2, 0.25) is 0 Å². The SMILES string of the molecule is CNCCCNC(=O)c1ccccc1Cc1ccccc1. The number of carbonyl (C=O) groups excluding carboxylic acids is 1. The molecule has 21 heavy (non-hydrogen) atoms. The molecule has 0 aromatic heterocycles. The van der Waals surface area contributed by atoms with Crippen molar-refractivity contribution < 1.29 is 4.79 Å². The summed E-state index contributed by atoms with van der Waals surface area (Å²) in [5.74, 6) is 0.0117. The molecular formula is C18H22N2O. The molecule has 3 nitrogen and oxygen atoms in total. The van der Waals surface area contributed by atoms with Crippen LogP contribution < -0.4 is 10.6 Å². The van der Waals surface area contributed by atoms with Gasteiger partial charge in [0.05, 0.1) is 0 Å². The van der Waals surface area contributed by atoms with E-state index in [1.165, 1.54) is 5.56 Å². The zero-order valence-corrected chi connectivity index (χ0v) is 12.4. The number of hydrogen-bond donors (Lipinski definition) is 2. The number of rotatable bonds is 7. The summed E-state index contributed by atoms with van der Waals surface area (Å²) in [6.45, 7) is 1.60. The molecule has 0 aliphatic heterocycles. The summed E-state index contributed by atoms with van der Waals surface area (Å²) in [6, 6.07) is 18.0. The lowest BCUT2D eigenvalue weighted by atomic mass is 9.99. The summed E-state index contributed by atoms with van der Waals surface area (Å²) in [7, 11) is 1.91. The van der Waals surface area contributed by atoms with Crippen LogP contribution in [-0.2, 0) is 6.42 Å². The predicted octanol–water partition coefficient (Wildman–Crippen LogP) is 2.62. The molecule has 0 heterocycles. The standard InChI is InChI=1S/C18H22N2O/c1-19-12-7-13-20-18(21)17-11-6-5-10-16(17)14-15-8-3-2-4-9-15/h2-6,8-11,19H,7,12-14H2,1H3,(H,20,21). The Balaban J connectivity index is 2.04. The van der Waals surface area contributed by atoms with Gasteiger partial charge in [-0.05, 0) is 43.6 Å². The molecule has 1 amide bonds. The fraction of sp³-hybridized carbons (Fsp3) is 0.278. The number of nitrogens with one attached hydrogen (secondary N) is 2. The quantitative estimate of drug-likeness (QED) is 0.767.